The number of nitrogens with zero attached hydrogens (tertiary/aromatic N) is 2. The maximum Gasteiger partial charge on any atom is 0.406 e. The van der Waals surface area contributed by atoms with E-state index in [9.17, 15) is 14.5 Å². The fourth-order valence-electron chi connectivity index (χ4n) is 1.53. The molecule has 0 atom stereocenters. The molecule has 0 aliphatic carbocycles. The van der Waals surface area contributed by atoms with Gasteiger partial charge in [0.1, 0.15) is 5.82 Å². The third kappa shape index (κ3) is 2.27. The molecule has 0 aliphatic heterocycles. The van der Waals surface area contributed by atoms with Gasteiger partial charge < -0.3 is 14.9 Å². The summed E-state index contributed by atoms with van der Waals surface area (Å²) in [4.78, 5) is 14.0. The van der Waals surface area contributed by atoms with E-state index in [-0.39, 0.29) is 11.6 Å². The highest BCUT2D eigenvalue weighted by Gasteiger charge is 2.19. The quantitative estimate of drug-likeness (QED) is 0.618. The van der Waals surface area contributed by atoms with E-state index in [4.69, 9.17) is 4.74 Å². The van der Waals surface area contributed by atoms with Gasteiger partial charge in [0.05, 0.1) is 7.11 Å². The second-order valence-electron chi connectivity index (χ2n) is 3.49. The van der Waals surface area contributed by atoms with Gasteiger partial charge in [-0.25, -0.2) is 4.39 Å². The fraction of sp³-hybridized carbons (Fsp3) is 0.0833. The predicted octanol–water partition coefficient (Wildman–Crippen LogP) is 2.80. The van der Waals surface area contributed by atoms with Gasteiger partial charge in [0, 0.05) is 5.56 Å². The zero-order valence-corrected chi connectivity index (χ0v) is 9.46. The van der Waals surface area contributed by atoms with Crippen LogP contribution in [0.15, 0.2) is 36.4 Å². The van der Waals surface area contributed by atoms with Gasteiger partial charge >= 0.3 is 5.82 Å². The monoisotopic (exact) mass is 248 g/mol. The van der Waals surface area contributed by atoms with E-state index in [1.807, 2.05) is 0 Å². The van der Waals surface area contributed by atoms with Crippen molar-refractivity contribution in [3.8, 4) is 17.0 Å². The third-order valence-corrected chi connectivity index (χ3v) is 2.35. The van der Waals surface area contributed by atoms with Gasteiger partial charge in [0.15, 0.2) is 5.69 Å². The molecule has 5 nitrogen and oxygen atoms in total. The molecule has 2 aromatic rings. The van der Waals surface area contributed by atoms with Crippen molar-refractivity contribution in [1.82, 2.24) is 4.98 Å². The number of ether oxygens (including phenoxy) is 1. The zero-order valence-electron chi connectivity index (χ0n) is 9.46. The van der Waals surface area contributed by atoms with Crippen LogP contribution >= 0.6 is 0 Å². The summed E-state index contributed by atoms with van der Waals surface area (Å²) in [5.41, 5.74) is 0.794. The molecule has 0 spiro atoms. The number of hydrogen-bond acceptors (Lipinski definition) is 4. The Balaban J connectivity index is 2.53. The van der Waals surface area contributed by atoms with Crippen LogP contribution in [-0.4, -0.2) is 17.0 Å². The first kappa shape index (κ1) is 12.0. The van der Waals surface area contributed by atoms with Crippen LogP contribution in [0.2, 0.25) is 0 Å². The first-order chi connectivity index (χ1) is 8.61. The lowest BCUT2D eigenvalue weighted by Gasteiger charge is -2.02. The SMILES string of the molecule is COc1ccc(-c2cccc(F)c2)nc1[N+](=O)[O-]. The van der Waals surface area contributed by atoms with Crippen LogP contribution in [0, 0.1) is 15.9 Å². The minimum Gasteiger partial charge on any atom is -0.489 e. The molecule has 0 N–H and O–H groups in total. The van der Waals surface area contributed by atoms with E-state index in [0.717, 1.165) is 0 Å². The smallest absolute Gasteiger partial charge is 0.406 e. The van der Waals surface area contributed by atoms with Crippen LogP contribution in [0.5, 0.6) is 5.75 Å². The molecule has 6 heteroatoms. The summed E-state index contributed by atoms with van der Waals surface area (Å²) >= 11 is 0. The Hall–Kier alpha value is -2.50. The summed E-state index contributed by atoms with van der Waals surface area (Å²) in [7, 11) is 1.33. The topological polar surface area (TPSA) is 65.3 Å². The summed E-state index contributed by atoms with van der Waals surface area (Å²) < 4.78 is 17.9. The highest BCUT2D eigenvalue weighted by molar-refractivity contribution is 5.62. The van der Waals surface area contributed by atoms with Crippen molar-refractivity contribution in [2.75, 3.05) is 7.11 Å². The Labute approximate surface area is 102 Å². The lowest BCUT2D eigenvalue weighted by molar-refractivity contribution is -0.390. The molecule has 0 bridgehead atoms. The molecule has 0 amide bonds. The molecular formula is C12H9FN2O3. The first-order valence-electron chi connectivity index (χ1n) is 5.07. The van der Waals surface area contributed by atoms with Crippen LogP contribution in [0.3, 0.4) is 0 Å². The molecule has 0 aliphatic rings. The number of nitro groups is 1. The normalized spacial score (nSPS) is 10.1. The summed E-state index contributed by atoms with van der Waals surface area (Å²) in [6.45, 7) is 0. The second kappa shape index (κ2) is 4.79. The third-order valence-electron chi connectivity index (χ3n) is 2.35. The van der Waals surface area contributed by atoms with Gasteiger partial charge in [0.2, 0.25) is 5.75 Å². The average molecular weight is 248 g/mol. The van der Waals surface area contributed by atoms with Gasteiger partial charge in [-0.05, 0) is 34.2 Å². The Kier molecular flexibility index (Phi) is 3.18. The van der Waals surface area contributed by atoms with Crippen LogP contribution < -0.4 is 4.74 Å². The lowest BCUT2D eigenvalue weighted by atomic mass is 10.1. The lowest BCUT2D eigenvalue weighted by Crippen LogP contribution is -1.98. The summed E-state index contributed by atoms with van der Waals surface area (Å²) in [5.74, 6) is -0.743. The Morgan fingerprint density at radius 3 is 2.72 bits per heavy atom. The van der Waals surface area contributed by atoms with E-state index in [2.05, 4.69) is 4.98 Å². The fourth-order valence-corrected chi connectivity index (χ4v) is 1.53. The molecule has 1 aromatic heterocycles. The van der Waals surface area contributed by atoms with E-state index in [1.165, 1.54) is 31.4 Å². The van der Waals surface area contributed by atoms with Crippen LogP contribution in [0.1, 0.15) is 0 Å². The predicted molar refractivity (Wildman–Crippen MR) is 62.8 cm³/mol. The highest BCUT2D eigenvalue weighted by atomic mass is 19.1. The maximum atomic E-state index is 13.1. The highest BCUT2D eigenvalue weighted by Crippen LogP contribution is 2.28. The molecule has 0 radical (unpaired) electrons. The molecule has 0 saturated carbocycles. The number of hydrogen-bond donors (Lipinski definition) is 0. The zero-order chi connectivity index (χ0) is 13.1. The molecule has 92 valence electrons. The number of aromatic nitrogens is 1. The summed E-state index contributed by atoms with van der Waals surface area (Å²) in [5, 5.41) is 10.8. The Bertz CT molecular complexity index is 602. The molecule has 18 heavy (non-hydrogen) atoms. The number of methoxy groups -OCH3 is 1. The van der Waals surface area contributed by atoms with Crippen molar-refractivity contribution in [2.45, 2.75) is 0 Å². The van der Waals surface area contributed by atoms with E-state index in [0.29, 0.717) is 11.3 Å². The van der Waals surface area contributed by atoms with Crippen molar-refractivity contribution < 1.29 is 14.1 Å². The molecule has 2 rings (SSSR count). The van der Waals surface area contributed by atoms with Crippen molar-refractivity contribution in [3.05, 3.63) is 52.3 Å². The average Bonchev–Trinajstić information content (AvgIpc) is 2.38. The summed E-state index contributed by atoms with van der Waals surface area (Å²) in [6, 6.07) is 8.68. The summed E-state index contributed by atoms with van der Waals surface area (Å²) in [6.07, 6.45) is 0. The van der Waals surface area contributed by atoms with Gasteiger partial charge in [-0.1, -0.05) is 12.1 Å². The second-order valence-corrected chi connectivity index (χ2v) is 3.49. The first-order valence-corrected chi connectivity index (χ1v) is 5.07. The van der Waals surface area contributed by atoms with Crippen LogP contribution in [-0.2, 0) is 0 Å². The van der Waals surface area contributed by atoms with Crippen molar-refractivity contribution in [3.63, 3.8) is 0 Å². The number of pyridine rings is 1. The molecule has 1 heterocycles. The Morgan fingerprint density at radius 2 is 2.11 bits per heavy atom. The standard InChI is InChI=1S/C12H9FN2O3/c1-18-11-6-5-10(14-12(11)15(16)17)8-3-2-4-9(13)7-8/h2-7H,1H3. The minimum atomic E-state index is -0.637. The van der Waals surface area contributed by atoms with Gasteiger partial charge in [0.25, 0.3) is 0 Å². The van der Waals surface area contributed by atoms with Crippen molar-refractivity contribution in [2.24, 2.45) is 0 Å². The van der Waals surface area contributed by atoms with Crippen LogP contribution in [0.4, 0.5) is 10.2 Å². The Morgan fingerprint density at radius 1 is 1.33 bits per heavy atom. The van der Waals surface area contributed by atoms with Crippen LogP contribution in [0.25, 0.3) is 11.3 Å². The van der Waals surface area contributed by atoms with E-state index < -0.39 is 10.7 Å². The van der Waals surface area contributed by atoms with Crippen molar-refractivity contribution in [1.29, 1.82) is 0 Å². The molecule has 0 fully saturated rings. The number of halogens is 1. The largest absolute Gasteiger partial charge is 0.489 e. The van der Waals surface area contributed by atoms with Gasteiger partial charge in [-0.2, -0.15) is 0 Å². The molecular weight excluding hydrogens is 239 g/mol. The molecule has 1 aromatic carbocycles. The van der Waals surface area contributed by atoms with Gasteiger partial charge in [-0.15, -0.1) is 0 Å². The van der Waals surface area contributed by atoms with Gasteiger partial charge in [-0.3, -0.25) is 0 Å². The van der Waals surface area contributed by atoms with E-state index in [1.54, 1.807) is 12.1 Å². The number of benzene rings is 1. The van der Waals surface area contributed by atoms with Crippen molar-refractivity contribution >= 4 is 5.82 Å². The number of rotatable bonds is 3. The van der Waals surface area contributed by atoms with E-state index >= 15 is 0 Å². The maximum absolute atomic E-state index is 13.1. The minimum absolute atomic E-state index is 0.0696. The molecule has 0 saturated heterocycles. The molecule has 0 unspecified atom stereocenters.